The molecular weight excluding hydrogens is 298 g/mol. The number of nitrogens with one attached hydrogen (secondary N) is 3. The smallest absolute Gasteiger partial charge is 0.319 e. The summed E-state index contributed by atoms with van der Waals surface area (Å²) in [5.41, 5.74) is 0.618. The minimum Gasteiger partial charge on any atom is -0.484 e. The number of furan rings is 1. The number of carbonyl (C=O) groups is 2. The Kier molecular flexibility index (Phi) is 6.05. The van der Waals surface area contributed by atoms with Crippen molar-refractivity contribution in [2.45, 2.75) is 13.5 Å². The molecule has 23 heavy (non-hydrogen) atoms. The number of carbonyl (C=O) groups excluding carboxylic acids is 2. The molecule has 0 bridgehead atoms. The lowest BCUT2D eigenvalue weighted by atomic mass is 10.3. The van der Waals surface area contributed by atoms with Crippen molar-refractivity contribution in [3.05, 3.63) is 48.4 Å². The molecule has 0 aliphatic carbocycles. The number of hydrogen-bond acceptors (Lipinski definition) is 4. The fraction of sp³-hybridized carbons (Fsp3) is 0.250. The van der Waals surface area contributed by atoms with E-state index in [1.54, 1.807) is 42.7 Å². The minimum atomic E-state index is -0.336. The Hall–Kier alpha value is -2.96. The summed E-state index contributed by atoms with van der Waals surface area (Å²) in [5.74, 6) is 1.05. The molecule has 7 heteroatoms. The number of hydrogen-bond donors (Lipinski definition) is 3. The standard InChI is InChI=1S/C16H19N3O4/c1-2-17-15(20)11-23-13-7-5-12(6-8-13)19-16(21)18-10-14-4-3-9-22-14/h3-9H,2,10-11H2,1H3,(H,17,20)(H2,18,19,21). The third-order valence-electron chi connectivity index (χ3n) is 2.86. The van der Waals surface area contributed by atoms with Gasteiger partial charge in [-0.15, -0.1) is 0 Å². The molecule has 3 amide bonds. The van der Waals surface area contributed by atoms with Gasteiger partial charge < -0.3 is 25.1 Å². The molecule has 1 aromatic carbocycles. The van der Waals surface area contributed by atoms with Gasteiger partial charge in [-0.3, -0.25) is 4.79 Å². The number of urea groups is 1. The Morgan fingerprint density at radius 3 is 2.57 bits per heavy atom. The van der Waals surface area contributed by atoms with E-state index in [4.69, 9.17) is 9.15 Å². The zero-order chi connectivity index (χ0) is 16.5. The fourth-order valence-corrected chi connectivity index (χ4v) is 1.79. The van der Waals surface area contributed by atoms with Gasteiger partial charge >= 0.3 is 6.03 Å². The van der Waals surface area contributed by atoms with Crippen LogP contribution >= 0.6 is 0 Å². The summed E-state index contributed by atoms with van der Waals surface area (Å²) in [5, 5.41) is 8.01. The molecular formula is C16H19N3O4. The van der Waals surface area contributed by atoms with E-state index in [1.807, 2.05) is 6.92 Å². The van der Waals surface area contributed by atoms with E-state index < -0.39 is 0 Å². The molecule has 0 spiro atoms. The Morgan fingerprint density at radius 1 is 1.13 bits per heavy atom. The van der Waals surface area contributed by atoms with Gasteiger partial charge in [0.2, 0.25) is 0 Å². The third-order valence-corrected chi connectivity index (χ3v) is 2.86. The van der Waals surface area contributed by atoms with Crippen molar-refractivity contribution < 1.29 is 18.7 Å². The lowest BCUT2D eigenvalue weighted by Crippen LogP contribution is -2.28. The predicted molar refractivity (Wildman–Crippen MR) is 85.2 cm³/mol. The van der Waals surface area contributed by atoms with Crippen LogP contribution in [0.1, 0.15) is 12.7 Å². The molecule has 0 aliphatic heterocycles. The molecule has 3 N–H and O–H groups in total. The topological polar surface area (TPSA) is 92.6 Å². The highest BCUT2D eigenvalue weighted by Gasteiger charge is 2.04. The van der Waals surface area contributed by atoms with E-state index in [-0.39, 0.29) is 18.5 Å². The average molecular weight is 317 g/mol. The largest absolute Gasteiger partial charge is 0.484 e. The molecule has 7 nitrogen and oxygen atoms in total. The van der Waals surface area contributed by atoms with E-state index in [9.17, 15) is 9.59 Å². The molecule has 0 radical (unpaired) electrons. The SMILES string of the molecule is CCNC(=O)COc1ccc(NC(=O)NCc2ccco2)cc1. The molecule has 0 aliphatic rings. The Morgan fingerprint density at radius 2 is 1.91 bits per heavy atom. The normalized spacial score (nSPS) is 9.96. The highest BCUT2D eigenvalue weighted by atomic mass is 16.5. The maximum absolute atomic E-state index is 11.7. The van der Waals surface area contributed by atoms with Gasteiger partial charge in [-0.05, 0) is 43.3 Å². The number of benzene rings is 1. The van der Waals surface area contributed by atoms with Crippen molar-refractivity contribution in [2.75, 3.05) is 18.5 Å². The molecule has 0 saturated heterocycles. The predicted octanol–water partition coefficient (Wildman–Crippen LogP) is 2.12. The van der Waals surface area contributed by atoms with Crippen LogP contribution in [0.5, 0.6) is 5.75 Å². The highest BCUT2D eigenvalue weighted by Crippen LogP contribution is 2.15. The van der Waals surface area contributed by atoms with Gasteiger partial charge in [-0.25, -0.2) is 4.79 Å². The molecule has 2 aromatic rings. The zero-order valence-corrected chi connectivity index (χ0v) is 12.8. The van der Waals surface area contributed by atoms with Gasteiger partial charge in [-0.1, -0.05) is 0 Å². The van der Waals surface area contributed by atoms with Crippen molar-refractivity contribution in [1.29, 1.82) is 0 Å². The van der Waals surface area contributed by atoms with Crippen LogP contribution in [-0.4, -0.2) is 25.1 Å². The van der Waals surface area contributed by atoms with Gasteiger partial charge in [0.1, 0.15) is 11.5 Å². The van der Waals surface area contributed by atoms with Gasteiger partial charge in [0.25, 0.3) is 5.91 Å². The third kappa shape index (κ3) is 5.74. The van der Waals surface area contributed by atoms with Crippen molar-refractivity contribution in [3.63, 3.8) is 0 Å². The average Bonchev–Trinajstić information content (AvgIpc) is 3.06. The molecule has 122 valence electrons. The van der Waals surface area contributed by atoms with E-state index in [0.29, 0.717) is 30.3 Å². The number of likely N-dealkylation sites (N-methyl/N-ethyl adjacent to an activating group) is 1. The van der Waals surface area contributed by atoms with Gasteiger partial charge in [0, 0.05) is 12.2 Å². The van der Waals surface area contributed by atoms with E-state index in [2.05, 4.69) is 16.0 Å². The first-order valence-corrected chi connectivity index (χ1v) is 7.24. The lowest BCUT2D eigenvalue weighted by Gasteiger charge is -2.09. The van der Waals surface area contributed by atoms with Crippen molar-refractivity contribution in [1.82, 2.24) is 10.6 Å². The maximum Gasteiger partial charge on any atom is 0.319 e. The molecule has 1 heterocycles. The lowest BCUT2D eigenvalue weighted by molar-refractivity contribution is -0.122. The number of rotatable bonds is 7. The van der Waals surface area contributed by atoms with E-state index in [1.165, 1.54) is 0 Å². The second kappa shape index (κ2) is 8.47. The second-order valence-electron chi connectivity index (χ2n) is 4.65. The molecule has 0 atom stereocenters. The zero-order valence-electron chi connectivity index (χ0n) is 12.8. The van der Waals surface area contributed by atoms with Crippen LogP contribution in [0.15, 0.2) is 47.1 Å². The number of ether oxygens (including phenoxy) is 1. The summed E-state index contributed by atoms with van der Waals surface area (Å²) in [6, 6.07) is 9.95. The molecule has 1 aromatic heterocycles. The molecule has 2 rings (SSSR count). The Bertz CT molecular complexity index is 623. The quantitative estimate of drug-likeness (QED) is 0.729. The van der Waals surface area contributed by atoms with Gasteiger partial charge in [-0.2, -0.15) is 0 Å². The van der Waals surface area contributed by atoms with Crippen LogP contribution in [0.25, 0.3) is 0 Å². The van der Waals surface area contributed by atoms with Crippen LogP contribution < -0.4 is 20.7 Å². The summed E-state index contributed by atoms with van der Waals surface area (Å²) in [4.78, 5) is 23.0. The van der Waals surface area contributed by atoms with Crippen molar-refractivity contribution in [3.8, 4) is 5.75 Å². The summed E-state index contributed by atoms with van der Waals surface area (Å²) >= 11 is 0. The van der Waals surface area contributed by atoms with E-state index >= 15 is 0 Å². The molecule has 0 unspecified atom stereocenters. The van der Waals surface area contributed by atoms with Crippen LogP contribution in [0.3, 0.4) is 0 Å². The van der Waals surface area contributed by atoms with Crippen molar-refractivity contribution >= 4 is 17.6 Å². The number of anilines is 1. The minimum absolute atomic E-state index is 0.0375. The van der Waals surface area contributed by atoms with Crippen molar-refractivity contribution in [2.24, 2.45) is 0 Å². The van der Waals surface area contributed by atoms with Crippen LogP contribution in [0.2, 0.25) is 0 Å². The maximum atomic E-state index is 11.7. The second-order valence-corrected chi connectivity index (χ2v) is 4.65. The van der Waals surface area contributed by atoms with Gasteiger partial charge in [0.15, 0.2) is 6.61 Å². The highest BCUT2D eigenvalue weighted by molar-refractivity contribution is 5.89. The van der Waals surface area contributed by atoms with Crippen LogP contribution in [0, 0.1) is 0 Å². The van der Waals surface area contributed by atoms with E-state index in [0.717, 1.165) is 0 Å². The first kappa shape index (κ1) is 16.4. The summed E-state index contributed by atoms with van der Waals surface area (Å²) in [7, 11) is 0. The van der Waals surface area contributed by atoms with Crippen LogP contribution in [0.4, 0.5) is 10.5 Å². The molecule has 0 saturated carbocycles. The first-order valence-electron chi connectivity index (χ1n) is 7.24. The molecule has 0 fully saturated rings. The van der Waals surface area contributed by atoms with Crippen LogP contribution in [-0.2, 0) is 11.3 Å². The summed E-state index contributed by atoms with van der Waals surface area (Å²) in [6.45, 7) is 2.68. The summed E-state index contributed by atoms with van der Waals surface area (Å²) in [6.07, 6.45) is 1.55. The van der Waals surface area contributed by atoms with Gasteiger partial charge in [0.05, 0.1) is 12.8 Å². The number of amides is 3. The fourth-order valence-electron chi connectivity index (χ4n) is 1.79. The first-order chi connectivity index (χ1) is 11.2. The summed E-state index contributed by atoms with van der Waals surface area (Å²) < 4.78 is 10.4. The monoisotopic (exact) mass is 317 g/mol. The Labute approximate surface area is 134 Å². The Balaban J connectivity index is 1.75.